The highest BCUT2D eigenvalue weighted by atomic mass is 32.2. The van der Waals surface area contributed by atoms with Gasteiger partial charge in [0, 0.05) is 11.9 Å². The molecule has 1 amide bonds. The first-order valence-corrected chi connectivity index (χ1v) is 4.10. The topological polar surface area (TPSA) is 56.0 Å². The number of hydrogen-bond donors (Lipinski definition) is 1. The average Bonchev–Trinajstić information content (AvgIpc) is 2.03. The second-order valence-corrected chi connectivity index (χ2v) is 2.91. The zero-order valence-electron chi connectivity index (χ0n) is 5.86. The molecule has 3 nitrogen and oxygen atoms in total. The molecule has 1 aromatic heterocycles. The Labute approximate surface area is 69.0 Å². The second kappa shape index (κ2) is 3.98. The van der Waals surface area contributed by atoms with Crippen molar-refractivity contribution in [3.8, 4) is 0 Å². The number of primary amides is 1. The van der Waals surface area contributed by atoms with Crippen LogP contribution in [0.2, 0.25) is 0 Å². The molecule has 4 heteroatoms. The highest BCUT2D eigenvalue weighted by molar-refractivity contribution is 8.12. The van der Waals surface area contributed by atoms with Crippen LogP contribution in [0.1, 0.15) is 5.69 Å². The highest BCUT2D eigenvalue weighted by Crippen LogP contribution is 2.07. The van der Waals surface area contributed by atoms with Crippen molar-refractivity contribution in [1.29, 1.82) is 0 Å². The van der Waals surface area contributed by atoms with E-state index in [-0.39, 0.29) is 5.24 Å². The predicted octanol–water partition coefficient (Wildman–Crippen LogP) is 1.39. The number of nitrogens with zero attached hydrogens (tertiary/aromatic N) is 1. The van der Waals surface area contributed by atoms with Crippen LogP contribution in [0.25, 0.3) is 0 Å². The average molecular weight is 168 g/mol. The van der Waals surface area contributed by atoms with Crippen LogP contribution in [0, 0.1) is 0 Å². The van der Waals surface area contributed by atoms with Crippen LogP contribution in [0.4, 0.5) is 4.79 Å². The molecule has 1 heterocycles. The van der Waals surface area contributed by atoms with E-state index in [1.165, 1.54) is 0 Å². The van der Waals surface area contributed by atoms with E-state index >= 15 is 0 Å². The number of hydrogen-bond acceptors (Lipinski definition) is 3. The molecule has 0 atom stereocenters. The van der Waals surface area contributed by atoms with E-state index in [9.17, 15) is 4.79 Å². The van der Waals surface area contributed by atoms with Gasteiger partial charge in [0.25, 0.3) is 5.24 Å². The first kappa shape index (κ1) is 8.07. The number of aromatic nitrogens is 1. The van der Waals surface area contributed by atoms with Crippen LogP contribution in [-0.2, 0) is 5.75 Å². The van der Waals surface area contributed by atoms with E-state index in [1.807, 2.05) is 18.2 Å². The van der Waals surface area contributed by atoms with Crippen molar-refractivity contribution < 1.29 is 4.79 Å². The number of nitrogens with two attached hydrogens (primary N) is 1. The monoisotopic (exact) mass is 168 g/mol. The SMILES string of the molecule is NC(=O)SCc1ccccn1. The minimum atomic E-state index is -0.365. The first-order valence-electron chi connectivity index (χ1n) is 3.11. The normalized spacial score (nSPS) is 9.45. The maximum atomic E-state index is 10.3. The van der Waals surface area contributed by atoms with Crippen LogP contribution in [0.5, 0.6) is 0 Å². The Balaban J connectivity index is 2.45. The van der Waals surface area contributed by atoms with Crippen molar-refractivity contribution in [2.75, 3.05) is 0 Å². The molecule has 0 bridgehead atoms. The summed E-state index contributed by atoms with van der Waals surface area (Å²) in [6, 6.07) is 5.57. The zero-order valence-corrected chi connectivity index (χ0v) is 6.67. The summed E-state index contributed by atoms with van der Waals surface area (Å²) in [7, 11) is 0. The first-order chi connectivity index (χ1) is 5.29. The van der Waals surface area contributed by atoms with Gasteiger partial charge in [-0.25, -0.2) is 0 Å². The molecule has 0 saturated heterocycles. The minimum Gasteiger partial charge on any atom is -0.361 e. The minimum absolute atomic E-state index is 0.365. The Hall–Kier alpha value is -1.03. The zero-order chi connectivity index (χ0) is 8.10. The molecule has 0 fully saturated rings. The van der Waals surface area contributed by atoms with E-state index in [2.05, 4.69) is 4.98 Å². The number of pyridine rings is 1. The predicted molar refractivity (Wildman–Crippen MR) is 45.1 cm³/mol. The quantitative estimate of drug-likeness (QED) is 0.726. The molecular formula is C7H8N2OS. The molecule has 0 aromatic carbocycles. The molecular weight excluding hydrogens is 160 g/mol. The maximum Gasteiger partial charge on any atom is 0.276 e. The van der Waals surface area contributed by atoms with Crippen molar-refractivity contribution >= 4 is 17.0 Å². The smallest absolute Gasteiger partial charge is 0.276 e. The lowest BCUT2D eigenvalue weighted by atomic mass is 10.4. The Bertz CT molecular complexity index is 237. The Morgan fingerprint density at radius 2 is 2.45 bits per heavy atom. The number of carbonyl (C=O) groups is 1. The van der Waals surface area contributed by atoms with E-state index in [0.29, 0.717) is 5.75 Å². The molecule has 11 heavy (non-hydrogen) atoms. The summed E-state index contributed by atoms with van der Waals surface area (Å²) >= 11 is 1.06. The van der Waals surface area contributed by atoms with Crippen LogP contribution >= 0.6 is 11.8 Å². The van der Waals surface area contributed by atoms with Gasteiger partial charge in [-0.2, -0.15) is 0 Å². The third-order valence-electron chi connectivity index (χ3n) is 1.09. The van der Waals surface area contributed by atoms with Gasteiger partial charge in [0.2, 0.25) is 0 Å². The second-order valence-electron chi connectivity index (χ2n) is 1.93. The standard InChI is InChI=1S/C7H8N2OS/c8-7(10)11-5-6-3-1-2-4-9-6/h1-4H,5H2,(H2,8,10). The van der Waals surface area contributed by atoms with E-state index in [1.54, 1.807) is 6.20 Å². The van der Waals surface area contributed by atoms with Gasteiger partial charge in [-0.15, -0.1) is 0 Å². The molecule has 0 aliphatic heterocycles. The van der Waals surface area contributed by atoms with Crippen LogP contribution in [0.15, 0.2) is 24.4 Å². The van der Waals surface area contributed by atoms with Gasteiger partial charge in [0.05, 0.1) is 5.69 Å². The molecule has 0 radical (unpaired) electrons. The molecule has 1 aromatic rings. The number of thioether (sulfide) groups is 1. The molecule has 0 unspecified atom stereocenters. The van der Waals surface area contributed by atoms with Gasteiger partial charge < -0.3 is 5.73 Å². The van der Waals surface area contributed by atoms with Gasteiger partial charge in [-0.05, 0) is 12.1 Å². The lowest BCUT2D eigenvalue weighted by Gasteiger charge is -1.94. The van der Waals surface area contributed by atoms with Crippen molar-refractivity contribution in [1.82, 2.24) is 4.98 Å². The molecule has 0 saturated carbocycles. The molecule has 0 aliphatic rings. The van der Waals surface area contributed by atoms with Crippen molar-refractivity contribution in [3.63, 3.8) is 0 Å². The summed E-state index contributed by atoms with van der Waals surface area (Å²) < 4.78 is 0. The lowest BCUT2D eigenvalue weighted by molar-refractivity contribution is 0.267. The molecule has 58 valence electrons. The van der Waals surface area contributed by atoms with Crippen molar-refractivity contribution in [2.45, 2.75) is 5.75 Å². The van der Waals surface area contributed by atoms with Crippen molar-refractivity contribution in [2.24, 2.45) is 5.73 Å². The van der Waals surface area contributed by atoms with Gasteiger partial charge in [0.1, 0.15) is 0 Å². The van der Waals surface area contributed by atoms with Crippen LogP contribution < -0.4 is 5.73 Å². The van der Waals surface area contributed by atoms with Gasteiger partial charge in [-0.1, -0.05) is 17.8 Å². The number of rotatable bonds is 2. The van der Waals surface area contributed by atoms with E-state index in [0.717, 1.165) is 17.5 Å². The maximum absolute atomic E-state index is 10.3. The third kappa shape index (κ3) is 3.04. The fourth-order valence-electron chi connectivity index (χ4n) is 0.629. The molecule has 2 N–H and O–H groups in total. The van der Waals surface area contributed by atoms with Crippen molar-refractivity contribution in [3.05, 3.63) is 30.1 Å². The molecule has 0 spiro atoms. The summed E-state index contributed by atoms with van der Waals surface area (Å²) in [5.74, 6) is 0.552. The number of carbonyl (C=O) groups excluding carboxylic acids is 1. The van der Waals surface area contributed by atoms with Gasteiger partial charge >= 0.3 is 0 Å². The Morgan fingerprint density at radius 1 is 1.64 bits per heavy atom. The van der Waals surface area contributed by atoms with E-state index < -0.39 is 0 Å². The summed E-state index contributed by atoms with van der Waals surface area (Å²) in [5, 5.41) is -0.365. The Kier molecular flexibility index (Phi) is 2.92. The fourth-order valence-corrected chi connectivity index (χ4v) is 1.09. The fraction of sp³-hybridized carbons (Fsp3) is 0.143. The van der Waals surface area contributed by atoms with E-state index in [4.69, 9.17) is 5.73 Å². The molecule has 0 aliphatic carbocycles. The summed E-state index contributed by atoms with van der Waals surface area (Å²) in [6.07, 6.45) is 1.69. The van der Waals surface area contributed by atoms with Crippen LogP contribution in [0.3, 0.4) is 0 Å². The summed E-state index contributed by atoms with van der Waals surface area (Å²) in [4.78, 5) is 14.4. The highest BCUT2D eigenvalue weighted by Gasteiger charge is 1.96. The third-order valence-corrected chi connectivity index (χ3v) is 1.81. The lowest BCUT2D eigenvalue weighted by Crippen LogP contribution is -2.02. The summed E-state index contributed by atoms with van der Waals surface area (Å²) in [5.41, 5.74) is 5.81. The van der Waals surface area contributed by atoms with Gasteiger partial charge in [0.15, 0.2) is 0 Å². The summed E-state index contributed by atoms with van der Waals surface area (Å²) in [6.45, 7) is 0. The Morgan fingerprint density at radius 3 is 3.00 bits per heavy atom. The number of amides is 1. The largest absolute Gasteiger partial charge is 0.361 e. The van der Waals surface area contributed by atoms with Gasteiger partial charge in [-0.3, -0.25) is 9.78 Å². The molecule has 1 rings (SSSR count). The van der Waals surface area contributed by atoms with Crippen LogP contribution in [-0.4, -0.2) is 10.2 Å².